The van der Waals surface area contributed by atoms with Gasteiger partial charge in [-0.2, -0.15) is 0 Å². The normalized spacial score (nSPS) is 9.74. The summed E-state index contributed by atoms with van der Waals surface area (Å²) in [7, 11) is 0. The Kier molecular flexibility index (Phi) is 6.52. The van der Waals surface area contributed by atoms with E-state index in [-0.39, 0.29) is 5.91 Å². The van der Waals surface area contributed by atoms with E-state index < -0.39 is 0 Å². The fraction of sp³-hybridized carbons (Fsp3) is 0.438. The molecule has 0 spiro atoms. The van der Waals surface area contributed by atoms with Crippen LogP contribution in [0.4, 0.5) is 0 Å². The van der Waals surface area contributed by atoms with Crippen LogP contribution in [-0.4, -0.2) is 30.5 Å². The Bertz CT molecular complexity index is 431. The quantitative estimate of drug-likeness (QED) is 0.556. The molecular formula is C16H21NO2. The second-order valence-corrected chi connectivity index (χ2v) is 4.25. The van der Waals surface area contributed by atoms with E-state index in [9.17, 15) is 4.79 Å². The van der Waals surface area contributed by atoms with Gasteiger partial charge in [-0.25, -0.2) is 0 Å². The van der Waals surface area contributed by atoms with Gasteiger partial charge in [0.25, 0.3) is 5.91 Å². The van der Waals surface area contributed by atoms with Crippen LogP contribution in [-0.2, 0) is 0 Å². The van der Waals surface area contributed by atoms with Gasteiger partial charge in [-0.1, -0.05) is 19.3 Å². The third-order valence-corrected chi connectivity index (χ3v) is 2.82. The van der Waals surface area contributed by atoms with Crippen molar-refractivity contribution < 1.29 is 9.53 Å². The summed E-state index contributed by atoms with van der Waals surface area (Å²) in [6.45, 7) is 5.69. The fourth-order valence-electron chi connectivity index (χ4n) is 1.65. The molecule has 1 aromatic rings. The van der Waals surface area contributed by atoms with Crippen molar-refractivity contribution in [2.75, 3.05) is 19.7 Å². The third-order valence-electron chi connectivity index (χ3n) is 2.82. The molecule has 0 aliphatic heterocycles. The van der Waals surface area contributed by atoms with E-state index >= 15 is 0 Å². The number of hydrogen-bond donors (Lipinski definition) is 0. The van der Waals surface area contributed by atoms with Crippen molar-refractivity contribution in [1.82, 2.24) is 4.90 Å². The summed E-state index contributed by atoms with van der Waals surface area (Å²) in [5, 5.41) is 0. The van der Waals surface area contributed by atoms with Gasteiger partial charge in [-0.3, -0.25) is 4.79 Å². The van der Waals surface area contributed by atoms with Gasteiger partial charge >= 0.3 is 0 Å². The second kappa shape index (κ2) is 8.20. The average Bonchev–Trinajstić information content (AvgIpc) is 2.45. The van der Waals surface area contributed by atoms with Crippen LogP contribution in [0.5, 0.6) is 5.75 Å². The minimum absolute atomic E-state index is 0.0411. The maximum atomic E-state index is 12.1. The van der Waals surface area contributed by atoms with Gasteiger partial charge < -0.3 is 9.64 Å². The Morgan fingerprint density at radius 1 is 1.32 bits per heavy atom. The molecule has 102 valence electrons. The monoisotopic (exact) mass is 259 g/mol. The van der Waals surface area contributed by atoms with Crippen molar-refractivity contribution in [3.8, 4) is 18.1 Å². The molecule has 0 aromatic heterocycles. The summed E-state index contributed by atoms with van der Waals surface area (Å²) >= 11 is 0. The molecule has 0 aliphatic carbocycles. The van der Waals surface area contributed by atoms with Gasteiger partial charge in [-0.15, -0.1) is 6.42 Å². The number of nitrogens with zero attached hydrogens (tertiary/aromatic N) is 1. The van der Waals surface area contributed by atoms with E-state index in [4.69, 9.17) is 11.2 Å². The van der Waals surface area contributed by atoms with Gasteiger partial charge in [0.05, 0.1) is 13.2 Å². The maximum absolute atomic E-state index is 12.1. The van der Waals surface area contributed by atoms with E-state index in [0.29, 0.717) is 25.3 Å². The molecule has 0 aliphatic rings. The third kappa shape index (κ3) is 4.67. The Morgan fingerprint density at radius 2 is 2.00 bits per heavy atom. The number of carbonyl (C=O) groups is 1. The molecule has 3 heteroatoms. The highest BCUT2D eigenvalue weighted by Crippen LogP contribution is 2.14. The molecule has 1 amide bonds. The van der Waals surface area contributed by atoms with Crippen LogP contribution in [0, 0.1) is 12.3 Å². The predicted octanol–water partition coefficient (Wildman–Crippen LogP) is 2.96. The van der Waals surface area contributed by atoms with Gasteiger partial charge in [0.2, 0.25) is 0 Å². The van der Waals surface area contributed by atoms with Crippen LogP contribution in [0.3, 0.4) is 0 Å². The maximum Gasteiger partial charge on any atom is 0.254 e. The fourth-order valence-corrected chi connectivity index (χ4v) is 1.65. The second-order valence-electron chi connectivity index (χ2n) is 4.25. The summed E-state index contributed by atoms with van der Waals surface area (Å²) in [6.07, 6.45) is 7.39. The topological polar surface area (TPSA) is 29.5 Å². The van der Waals surface area contributed by atoms with E-state index in [1.165, 1.54) is 0 Å². The first-order valence-electron chi connectivity index (χ1n) is 6.68. The Labute approximate surface area is 115 Å². The lowest BCUT2D eigenvalue weighted by molar-refractivity contribution is 0.0785. The molecule has 3 nitrogen and oxygen atoms in total. The molecule has 0 saturated heterocycles. The number of carbonyl (C=O) groups excluding carboxylic acids is 1. The first-order chi connectivity index (χ1) is 9.22. The van der Waals surface area contributed by atoms with Crippen LogP contribution < -0.4 is 4.74 Å². The van der Waals surface area contributed by atoms with Crippen LogP contribution in [0.2, 0.25) is 0 Å². The van der Waals surface area contributed by atoms with Gasteiger partial charge in [0.1, 0.15) is 5.75 Å². The molecule has 0 bridgehead atoms. The van der Waals surface area contributed by atoms with Crippen molar-refractivity contribution in [1.29, 1.82) is 0 Å². The van der Waals surface area contributed by atoms with E-state index in [1.54, 1.807) is 17.0 Å². The SMILES string of the molecule is C#CCN(CC)C(=O)c1ccc(OCCCC)cc1. The van der Waals surface area contributed by atoms with Crippen molar-refractivity contribution in [3.05, 3.63) is 29.8 Å². The first-order valence-corrected chi connectivity index (χ1v) is 6.68. The van der Waals surface area contributed by atoms with Crippen LogP contribution in [0.1, 0.15) is 37.0 Å². The number of terminal acetylenes is 1. The van der Waals surface area contributed by atoms with Crippen molar-refractivity contribution in [2.45, 2.75) is 26.7 Å². The molecule has 0 fully saturated rings. The number of rotatable bonds is 7. The Morgan fingerprint density at radius 3 is 2.53 bits per heavy atom. The highest BCUT2D eigenvalue weighted by Gasteiger charge is 2.12. The van der Waals surface area contributed by atoms with Gasteiger partial charge in [-0.05, 0) is 37.6 Å². The summed E-state index contributed by atoms with van der Waals surface area (Å²) < 4.78 is 5.56. The minimum Gasteiger partial charge on any atom is -0.494 e. The smallest absolute Gasteiger partial charge is 0.254 e. The minimum atomic E-state index is -0.0411. The van der Waals surface area contributed by atoms with E-state index in [0.717, 1.165) is 18.6 Å². The summed E-state index contributed by atoms with van der Waals surface area (Å²) in [5.74, 6) is 3.25. The van der Waals surface area contributed by atoms with Crippen molar-refractivity contribution >= 4 is 5.91 Å². The van der Waals surface area contributed by atoms with Crippen molar-refractivity contribution in [2.24, 2.45) is 0 Å². The largest absolute Gasteiger partial charge is 0.494 e. The van der Waals surface area contributed by atoms with Crippen LogP contribution in [0.15, 0.2) is 24.3 Å². The average molecular weight is 259 g/mol. The lowest BCUT2D eigenvalue weighted by Crippen LogP contribution is -2.31. The molecule has 0 unspecified atom stereocenters. The molecule has 1 rings (SSSR count). The van der Waals surface area contributed by atoms with E-state index in [2.05, 4.69) is 12.8 Å². The molecular weight excluding hydrogens is 238 g/mol. The number of ether oxygens (including phenoxy) is 1. The Balaban J connectivity index is 2.65. The lowest BCUT2D eigenvalue weighted by Gasteiger charge is -2.18. The van der Waals surface area contributed by atoms with Gasteiger partial charge in [0.15, 0.2) is 0 Å². The Hall–Kier alpha value is -1.95. The molecule has 0 N–H and O–H groups in total. The number of amides is 1. The number of benzene rings is 1. The predicted molar refractivity (Wildman–Crippen MR) is 77.3 cm³/mol. The molecule has 0 saturated carbocycles. The zero-order valence-electron chi connectivity index (χ0n) is 11.7. The molecule has 0 radical (unpaired) electrons. The molecule has 0 atom stereocenters. The zero-order valence-corrected chi connectivity index (χ0v) is 11.7. The first kappa shape index (κ1) is 15.1. The van der Waals surface area contributed by atoms with Crippen LogP contribution in [0.25, 0.3) is 0 Å². The lowest BCUT2D eigenvalue weighted by atomic mass is 10.2. The zero-order chi connectivity index (χ0) is 14.1. The summed E-state index contributed by atoms with van der Waals surface area (Å²) in [6, 6.07) is 7.21. The van der Waals surface area contributed by atoms with E-state index in [1.807, 2.05) is 19.1 Å². The number of hydrogen-bond acceptors (Lipinski definition) is 2. The van der Waals surface area contributed by atoms with Crippen LogP contribution >= 0.6 is 0 Å². The summed E-state index contributed by atoms with van der Waals surface area (Å²) in [4.78, 5) is 13.8. The number of unbranched alkanes of at least 4 members (excludes halogenated alkanes) is 1. The highest BCUT2D eigenvalue weighted by atomic mass is 16.5. The highest BCUT2D eigenvalue weighted by molar-refractivity contribution is 5.94. The molecule has 19 heavy (non-hydrogen) atoms. The summed E-state index contributed by atoms with van der Waals surface area (Å²) in [5.41, 5.74) is 0.639. The molecule has 0 heterocycles. The molecule has 1 aromatic carbocycles. The van der Waals surface area contributed by atoms with Gasteiger partial charge in [0, 0.05) is 12.1 Å². The van der Waals surface area contributed by atoms with Crippen molar-refractivity contribution in [3.63, 3.8) is 0 Å². The standard InChI is InChI=1S/C16H21NO2/c1-4-7-13-19-15-10-8-14(9-11-15)16(18)17(6-3)12-5-2/h2,8-11H,4,6-7,12-13H2,1,3H3.